The van der Waals surface area contributed by atoms with Crippen LogP contribution in [0.25, 0.3) is 6.08 Å². The predicted octanol–water partition coefficient (Wildman–Crippen LogP) is 2.54. The summed E-state index contributed by atoms with van der Waals surface area (Å²) in [5.41, 5.74) is 0.722. The number of carbonyl (C=O) groups excluding carboxylic acids is 1. The number of ether oxygens (including phenoxy) is 3. The van der Waals surface area contributed by atoms with Crippen LogP contribution < -0.4 is 14.2 Å². The maximum Gasteiger partial charge on any atom is 0.246 e. The van der Waals surface area contributed by atoms with E-state index in [2.05, 4.69) is 0 Å². The molecule has 0 aromatic heterocycles. The number of amides is 1. The summed E-state index contributed by atoms with van der Waals surface area (Å²) in [6, 6.07) is 8.29. The lowest BCUT2D eigenvalue weighted by molar-refractivity contribution is -0.125. The minimum atomic E-state index is -3.75. The Balaban J connectivity index is 1.43. The van der Waals surface area contributed by atoms with E-state index in [4.69, 9.17) is 14.2 Å². The van der Waals surface area contributed by atoms with Crippen LogP contribution in [0.4, 0.5) is 4.39 Å². The van der Waals surface area contributed by atoms with Gasteiger partial charge in [-0.25, -0.2) is 12.8 Å². The number of carbonyl (C=O) groups is 1. The highest BCUT2D eigenvalue weighted by Crippen LogP contribution is 2.40. The molecule has 2 aliphatic heterocycles. The molecule has 33 heavy (non-hydrogen) atoms. The van der Waals surface area contributed by atoms with Crippen molar-refractivity contribution >= 4 is 22.0 Å². The van der Waals surface area contributed by atoms with E-state index >= 15 is 0 Å². The molecule has 2 aromatic rings. The Morgan fingerprint density at radius 3 is 2.58 bits per heavy atom. The average Bonchev–Trinajstić information content (AvgIpc) is 3.09. The molecule has 1 saturated heterocycles. The van der Waals surface area contributed by atoms with Gasteiger partial charge in [-0.2, -0.15) is 4.31 Å². The Morgan fingerprint density at radius 1 is 1.06 bits per heavy atom. The molecule has 8 nitrogen and oxygen atoms in total. The van der Waals surface area contributed by atoms with Crippen LogP contribution in [-0.2, 0) is 14.8 Å². The highest BCUT2D eigenvalue weighted by molar-refractivity contribution is 7.89. The van der Waals surface area contributed by atoms with E-state index in [1.807, 2.05) is 0 Å². The normalized spacial score (nSPS) is 17.1. The number of benzene rings is 2. The first-order valence-corrected chi connectivity index (χ1v) is 12.0. The number of fused-ring (bicyclic) bond motifs is 1. The molecule has 4 rings (SSSR count). The quantitative estimate of drug-likeness (QED) is 0.617. The number of sulfonamides is 1. The van der Waals surface area contributed by atoms with E-state index < -0.39 is 15.8 Å². The van der Waals surface area contributed by atoms with Gasteiger partial charge >= 0.3 is 0 Å². The smallest absolute Gasteiger partial charge is 0.246 e. The molecule has 1 fully saturated rings. The molecule has 0 N–H and O–H groups in total. The summed E-state index contributed by atoms with van der Waals surface area (Å²) in [5.74, 6) is 0.913. The Morgan fingerprint density at radius 2 is 1.82 bits per heavy atom. The second-order valence-electron chi connectivity index (χ2n) is 7.62. The fraction of sp³-hybridized carbons (Fsp3) is 0.348. The second-order valence-corrected chi connectivity index (χ2v) is 9.56. The summed E-state index contributed by atoms with van der Waals surface area (Å²) < 4.78 is 56.8. The number of hydrogen-bond acceptors (Lipinski definition) is 6. The first kappa shape index (κ1) is 23.1. The highest BCUT2D eigenvalue weighted by Gasteiger charge is 2.28. The zero-order chi connectivity index (χ0) is 23.4. The van der Waals surface area contributed by atoms with E-state index in [0.717, 1.165) is 17.7 Å². The zero-order valence-corrected chi connectivity index (χ0v) is 19.0. The van der Waals surface area contributed by atoms with Crippen molar-refractivity contribution in [3.8, 4) is 17.2 Å². The molecule has 2 heterocycles. The van der Waals surface area contributed by atoms with Crippen LogP contribution in [0.15, 0.2) is 47.4 Å². The monoisotopic (exact) mass is 476 g/mol. The van der Waals surface area contributed by atoms with E-state index in [1.54, 1.807) is 23.1 Å². The molecule has 2 aliphatic rings. The molecule has 2 aromatic carbocycles. The van der Waals surface area contributed by atoms with Crippen LogP contribution >= 0.6 is 0 Å². The van der Waals surface area contributed by atoms with Gasteiger partial charge in [-0.15, -0.1) is 0 Å². The van der Waals surface area contributed by atoms with Gasteiger partial charge in [-0.3, -0.25) is 4.79 Å². The summed E-state index contributed by atoms with van der Waals surface area (Å²) in [6.07, 6.45) is 3.62. The highest BCUT2D eigenvalue weighted by atomic mass is 32.2. The summed E-state index contributed by atoms with van der Waals surface area (Å²) in [7, 11) is -2.22. The largest absolute Gasteiger partial charge is 0.493 e. The fourth-order valence-corrected chi connectivity index (χ4v) is 5.24. The van der Waals surface area contributed by atoms with Gasteiger partial charge in [0.25, 0.3) is 0 Å². The van der Waals surface area contributed by atoms with Gasteiger partial charge in [0.1, 0.15) is 19.0 Å². The summed E-state index contributed by atoms with van der Waals surface area (Å²) >= 11 is 0. The lowest BCUT2D eigenvalue weighted by Gasteiger charge is -2.21. The molecule has 0 aliphatic carbocycles. The summed E-state index contributed by atoms with van der Waals surface area (Å²) in [6.45, 7) is 2.02. The van der Waals surface area contributed by atoms with Crippen molar-refractivity contribution in [1.29, 1.82) is 0 Å². The van der Waals surface area contributed by atoms with Crippen LogP contribution in [-0.4, -0.2) is 70.0 Å². The van der Waals surface area contributed by atoms with Crippen LogP contribution in [0.1, 0.15) is 12.0 Å². The Labute approximate surface area is 192 Å². The summed E-state index contributed by atoms with van der Waals surface area (Å²) in [4.78, 5) is 14.4. The second kappa shape index (κ2) is 9.80. The first-order chi connectivity index (χ1) is 15.9. The third-order valence-electron chi connectivity index (χ3n) is 5.49. The van der Waals surface area contributed by atoms with Crippen LogP contribution in [0.3, 0.4) is 0 Å². The lowest BCUT2D eigenvalue weighted by Crippen LogP contribution is -2.36. The molecule has 0 spiro atoms. The molecule has 0 bridgehead atoms. The van der Waals surface area contributed by atoms with Gasteiger partial charge in [0.05, 0.1) is 12.0 Å². The molecule has 176 valence electrons. The standard InChI is InChI=1S/C23H25FN2O6S/c1-30-20-15-17(16-21-23(20)32-14-13-31-21)3-8-22(27)25-9-2-10-26(12-11-25)33(28,29)19-6-4-18(24)5-7-19/h3-8,15-16H,2,9-14H2,1H3. The maximum absolute atomic E-state index is 13.2. The van der Waals surface area contributed by atoms with E-state index in [0.29, 0.717) is 43.4 Å². The molecular formula is C23H25FN2O6S. The van der Waals surface area contributed by atoms with Gasteiger partial charge < -0.3 is 19.1 Å². The van der Waals surface area contributed by atoms with Gasteiger partial charge in [0.2, 0.25) is 21.7 Å². The van der Waals surface area contributed by atoms with Crippen molar-refractivity contribution in [3.05, 3.63) is 53.9 Å². The van der Waals surface area contributed by atoms with Gasteiger partial charge in [-0.1, -0.05) is 0 Å². The van der Waals surface area contributed by atoms with Crippen LogP contribution in [0.2, 0.25) is 0 Å². The van der Waals surface area contributed by atoms with Gasteiger partial charge in [0.15, 0.2) is 11.5 Å². The molecule has 1 amide bonds. The SMILES string of the molecule is COc1cc(C=CC(=O)N2CCCN(S(=O)(=O)c3ccc(F)cc3)CC2)cc2c1OCCO2. The third kappa shape index (κ3) is 5.12. The minimum absolute atomic E-state index is 0.0381. The molecule has 0 atom stereocenters. The van der Waals surface area contributed by atoms with Crippen molar-refractivity contribution in [2.24, 2.45) is 0 Å². The molecule has 0 unspecified atom stereocenters. The lowest BCUT2D eigenvalue weighted by atomic mass is 10.1. The van der Waals surface area contributed by atoms with E-state index in [1.165, 1.54) is 29.6 Å². The zero-order valence-electron chi connectivity index (χ0n) is 18.2. The van der Waals surface area contributed by atoms with Crippen molar-refractivity contribution in [2.45, 2.75) is 11.3 Å². The number of methoxy groups -OCH3 is 1. The Hall–Kier alpha value is -3.11. The molecule has 0 saturated carbocycles. The van der Waals surface area contributed by atoms with Gasteiger partial charge in [0, 0.05) is 32.3 Å². The van der Waals surface area contributed by atoms with Crippen molar-refractivity contribution in [3.63, 3.8) is 0 Å². The molecular weight excluding hydrogens is 451 g/mol. The van der Waals surface area contributed by atoms with Crippen molar-refractivity contribution in [2.75, 3.05) is 46.5 Å². The maximum atomic E-state index is 13.2. The first-order valence-electron chi connectivity index (χ1n) is 10.6. The molecule has 10 heteroatoms. The number of nitrogens with zero attached hydrogens (tertiary/aromatic N) is 2. The molecule has 0 radical (unpaired) electrons. The van der Waals surface area contributed by atoms with Crippen molar-refractivity contribution < 1.29 is 31.8 Å². The predicted molar refractivity (Wildman–Crippen MR) is 119 cm³/mol. The number of rotatable bonds is 5. The van der Waals surface area contributed by atoms with Gasteiger partial charge in [-0.05, 0) is 54.5 Å². The van der Waals surface area contributed by atoms with Crippen molar-refractivity contribution in [1.82, 2.24) is 9.21 Å². The topological polar surface area (TPSA) is 85.4 Å². The average molecular weight is 477 g/mol. The third-order valence-corrected chi connectivity index (χ3v) is 7.40. The Kier molecular flexibility index (Phi) is 6.85. The fourth-order valence-electron chi connectivity index (χ4n) is 3.77. The van der Waals surface area contributed by atoms with Crippen LogP contribution in [0, 0.1) is 5.82 Å². The van der Waals surface area contributed by atoms with Crippen LogP contribution in [0.5, 0.6) is 17.2 Å². The van der Waals surface area contributed by atoms with E-state index in [9.17, 15) is 17.6 Å². The number of hydrogen-bond donors (Lipinski definition) is 0. The minimum Gasteiger partial charge on any atom is -0.493 e. The van der Waals surface area contributed by atoms with E-state index in [-0.39, 0.29) is 30.4 Å². The number of halogens is 1. The summed E-state index contributed by atoms with van der Waals surface area (Å²) in [5, 5.41) is 0. The Bertz CT molecular complexity index is 1130.